The van der Waals surface area contributed by atoms with Crippen LogP contribution in [0.1, 0.15) is 25.1 Å². The quantitative estimate of drug-likeness (QED) is 0.934. The van der Waals surface area contributed by atoms with Crippen molar-refractivity contribution >= 4 is 0 Å². The Balaban J connectivity index is 1.71. The maximum atomic E-state index is 12.9. The van der Waals surface area contributed by atoms with Crippen LogP contribution < -0.4 is 5.73 Å². The van der Waals surface area contributed by atoms with Gasteiger partial charge in [0.1, 0.15) is 5.82 Å². The van der Waals surface area contributed by atoms with Crippen molar-refractivity contribution in [2.45, 2.75) is 31.8 Å². The number of benzene rings is 1. The second-order valence-electron chi connectivity index (χ2n) is 5.38. The summed E-state index contributed by atoms with van der Waals surface area (Å²) in [6.45, 7) is 2.32. The number of nitrogens with two attached hydrogens (primary N) is 1. The molecule has 21 heavy (non-hydrogen) atoms. The second kappa shape index (κ2) is 6.32. The summed E-state index contributed by atoms with van der Waals surface area (Å²) in [4.78, 5) is 6.70. The number of rotatable bonds is 4. The van der Waals surface area contributed by atoms with E-state index in [0.717, 1.165) is 18.5 Å². The molecule has 0 bridgehead atoms. The van der Waals surface area contributed by atoms with Crippen molar-refractivity contribution in [3.05, 3.63) is 35.9 Å². The zero-order valence-electron chi connectivity index (χ0n) is 11.8. The fourth-order valence-corrected chi connectivity index (χ4v) is 2.74. The van der Waals surface area contributed by atoms with E-state index in [9.17, 15) is 4.39 Å². The molecule has 0 radical (unpaired) electrons. The Hall–Kier alpha value is -1.79. The van der Waals surface area contributed by atoms with E-state index < -0.39 is 0 Å². The van der Waals surface area contributed by atoms with Crippen molar-refractivity contribution in [1.29, 1.82) is 0 Å². The van der Waals surface area contributed by atoms with Crippen molar-refractivity contribution in [2.75, 3.05) is 13.1 Å². The van der Waals surface area contributed by atoms with Crippen LogP contribution in [0.4, 0.5) is 4.39 Å². The molecule has 1 aliphatic rings. The molecule has 1 aromatic carbocycles. The van der Waals surface area contributed by atoms with Gasteiger partial charge in [-0.2, -0.15) is 4.98 Å². The molecule has 1 fully saturated rings. The third-order valence-corrected chi connectivity index (χ3v) is 3.92. The van der Waals surface area contributed by atoms with Crippen LogP contribution in [0, 0.1) is 5.82 Å². The van der Waals surface area contributed by atoms with Crippen LogP contribution >= 0.6 is 0 Å². The van der Waals surface area contributed by atoms with Gasteiger partial charge in [0.15, 0.2) is 5.82 Å². The predicted octanol–water partition coefficient (Wildman–Crippen LogP) is 2.19. The topological polar surface area (TPSA) is 68.2 Å². The molecule has 1 atom stereocenters. The number of likely N-dealkylation sites (tertiary alicyclic amines) is 1. The largest absolute Gasteiger partial charge is 0.334 e. The molecule has 0 saturated carbocycles. The third kappa shape index (κ3) is 3.28. The lowest BCUT2D eigenvalue weighted by molar-refractivity contribution is 0.140. The maximum Gasteiger partial charge on any atom is 0.257 e. The highest BCUT2D eigenvalue weighted by Gasteiger charge is 2.23. The first kappa shape index (κ1) is 14.2. The summed E-state index contributed by atoms with van der Waals surface area (Å²) in [7, 11) is 0. The minimum atomic E-state index is -0.280. The number of hydrogen-bond acceptors (Lipinski definition) is 5. The van der Waals surface area contributed by atoms with E-state index in [1.54, 1.807) is 12.1 Å². The second-order valence-corrected chi connectivity index (χ2v) is 5.38. The molecule has 0 spiro atoms. The predicted molar refractivity (Wildman–Crippen MR) is 76.8 cm³/mol. The lowest BCUT2D eigenvalue weighted by atomic mass is 10.0. The smallest absolute Gasteiger partial charge is 0.257 e. The molecule has 6 heteroatoms. The van der Waals surface area contributed by atoms with Crippen LogP contribution in [0.2, 0.25) is 0 Å². The van der Waals surface area contributed by atoms with E-state index in [-0.39, 0.29) is 5.82 Å². The van der Waals surface area contributed by atoms with Gasteiger partial charge in [-0.25, -0.2) is 4.39 Å². The number of hydrogen-bond donors (Lipinski definition) is 1. The Morgan fingerprint density at radius 1 is 1.29 bits per heavy atom. The van der Waals surface area contributed by atoms with Gasteiger partial charge in [-0.1, -0.05) is 11.6 Å². The number of nitrogens with zero attached hydrogens (tertiary/aromatic N) is 3. The summed E-state index contributed by atoms with van der Waals surface area (Å²) in [6, 6.07) is 6.43. The number of halogens is 1. The van der Waals surface area contributed by atoms with Crippen LogP contribution in [0.25, 0.3) is 11.5 Å². The average molecular weight is 290 g/mol. The highest BCUT2D eigenvalue weighted by molar-refractivity contribution is 5.52. The average Bonchev–Trinajstić information content (AvgIpc) is 2.97. The van der Waals surface area contributed by atoms with Crippen molar-refractivity contribution < 1.29 is 8.91 Å². The number of piperidine rings is 1. The first-order chi connectivity index (χ1) is 10.3. The first-order valence-electron chi connectivity index (χ1n) is 7.29. The van der Waals surface area contributed by atoms with E-state index >= 15 is 0 Å². The summed E-state index contributed by atoms with van der Waals surface area (Å²) < 4.78 is 18.2. The molecule has 0 aliphatic carbocycles. The molecule has 1 saturated heterocycles. The highest BCUT2D eigenvalue weighted by atomic mass is 19.1. The first-order valence-corrected chi connectivity index (χ1v) is 7.29. The summed E-state index contributed by atoms with van der Waals surface area (Å²) in [5, 5.41) is 4.02. The summed E-state index contributed by atoms with van der Waals surface area (Å²) >= 11 is 0. The molecule has 1 aliphatic heterocycles. The zero-order valence-corrected chi connectivity index (χ0v) is 11.8. The molecule has 2 aromatic rings. The van der Waals surface area contributed by atoms with Gasteiger partial charge < -0.3 is 10.3 Å². The Labute approximate surface area is 122 Å². The van der Waals surface area contributed by atoms with Gasteiger partial charge in [0.2, 0.25) is 0 Å². The molecule has 1 unspecified atom stereocenters. The van der Waals surface area contributed by atoms with Gasteiger partial charge in [-0.05, 0) is 43.7 Å². The van der Waals surface area contributed by atoms with Crippen LogP contribution in [0.5, 0.6) is 0 Å². The fourth-order valence-electron chi connectivity index (χ4n) is 2.74. The molecule has 2 N–H and O–H groups in total. The standard InChI is InChI=1S/C15H19FN4O/c16-12-6-4-11(5-7-12)15-18-14(19-21-15)10-20-8-2-1-3-13(20)9-17/h4-7,13H,1-3,8-10,17H2. The van der Waals surface area contributed by atoms with Crippen LogP contribution in [-0.4, -0.2) is 34.2 Å². The molecule has 5 nitrogen and oxygen atoms in total. The molecule has 1 aromatic heterocycles. The van der Waals surface area contributed by atoms with E-state index in [2.05, 4.69) is 15.0 Å². The number of aromatic nitrogens is 2. The third-order valence-electron chi connectivity index (χ3n) is 3.92. The fraction of sp³-hybridized carbons (Fsp3) is 0.467. The van der Waals surface area contributed by atoms with Crippen molar-refractivity contribution in [1.82, 2.24) is 15.0 Å². The van der Waals surface area contributed by atoms with Crippen molar-refractivity contribution in [2.24, 2.45) is 5.73 Å². The molecule has 2 heterocycles. The summed E-state index contributed by atoms with van der Waals surface area (Å²) in [6.07, 6.45) is 3.53. The summed E-state index contributed by atoms with van der Waals surface area (Å²) in [5.41, 5.74) is 6.54. The van der Waals surface area contributed by atoms with Crippen molar-refractivity contribution in [3.8, 4) is 11.5 Å². The molecule has 112 valence electrons. The highest BCUT2D eigenvalue weighted by Crippen LogP contribution is 2.21. The zero-order chi connectivity index (χ0) is 14.7. The normalized spacial score (nSPS) is 19.8. The lowest BCUT2D eigenvalue weighted by Crippen LogP contribution is -2.43. The lowest BCUT2D eigenvalue weighted by Gasteiger charge is -2.33. The van der Waals surface area contributed by atoms with E-state index in [4.69, 9.17) is 10.3 Å². The van der Waals surface area contributed by atoms with Gasteiger partial charge in [0.05, 0.1) is 6.54 Å². The van der Waals surface area contributed by atoms with Crippen molar-refractivity contribution in [3.63, 3.8) is 0 Å². The Morgan fingerprint density at radius 3 is 2.86 bits per heavy atom. The SMILES string of the molecule is NCC1CCCCN1Cc1noc(-c2ccc(F)cc2)n1. The Kier molecular flexibility index (Phi) is 4.26. The van der Waals surface area contributed by atoms with Crippen LogP contribution in [0.15, 0.2) is 28.8 Å². The molecule has 0 amide bonds. The van der Waals surface area contributed by atoms with E-state index in [0.29, 0.717) is 30.8 Å². The Bertz CT molecular complexity index is 584. The molecule has 3 rings (SSSR count). The van der Waals surface area contributed by atoms with Gasteiger partial charge >= 0.3 is 0 Å². The van der Waals surface area contributed by atoms with E-state index in [1.807, 2.05) is 0 Å². The maximum absolute atomic E-state index is 12.9. The summed E-state index contributed by atoms with van der Waals surface area (Å²) in [5.74, 6) is 0.790. The Morgan fingerprint density at radius 2 is 2.10 bits per heavy atom. The van der Waals surface area contributed by atoms with Crippen LogP contribution in [0.3, 0.4) is 0 Å². The van der Waals surface area contributed by atoms with Gasteiger partial charge in [-0.3, -0.25) is 4.90 Å². The van der Waals surface area contributed by atoms with Gasteiger partial charge in [0.25, 0.3) is 5.89 Å². The minimum absolute atomic E-state index is 0.280. The van der Waals surface area contributed by atoms with E-state index in [1.165, 1.54) is 25.0 Å². The van der Waals surface area contributed by atoms with Crippen LogP contribution in [-0.2, 0) is 6.54 Å². The molecular weight excluding hydrogens is 271 g/mol. The van der Waals surface area contributed by atoms with Gasteiger partial charge in [0, 0.05) is 18.2 Å². The minimum Gasteiger partial charge on any atom is -0.334 e. The van der Waals surface area contributed by atoms with Gasteiger partial charge in [-0.15, -0.1) is 0 Å². The molecular formula is C15H19FN4O. The monoisotopic (exact) mass is 290 g/mol.